The van der Waals surface area contributed by atoms with Gasteiger partial charge in [0.25, 0.3) is 0 Å². The predicted octanol–water partition coefficient (Wildman–Crippen LogP) is 4.36. The molecule has 12 heteroatoms. The monoisotopic (exact) mass is 563 g/mol. The molecule has 0 aromatic heterocycles. The van der Waals surface area contributed by atoms with Gasteiger partial charge in [-0.05, 0) is 49.2 Å². The van der Waals surface area contributed by atoms with E-state index in [1.54, 1.807) is 26.0 Å². The normalized spacial score (nSPS) is 12.1. The van der Waals surface area contributed by atoms with Crippen LogP contribution in [0.1, 0.15) is 25.8 Å². The van der Waals surface area contributed by atoms with Crippen LogP contribution in [-0.4, -0.2) is 57.6 Å². The molecule has 0 aliphatic heterocycles. The maximum absolute atomic E-state index is 13.6. The Bertz CT molecular complexity index is 1180. The zero-order valence-electron chi connectivity index (χ0n) is 19.8. The van der Waals surface area contributed by atoms with Gasteiger partial charge >= 0.3 is 0 Å². The van der Waals surface area contributed by atoms with Crippen LogP contribution in [0.3, 0.4) is 0 Å². The number of ether oxygens (including phenoxy) is 1. The molecule has 1 N–H and O–H groups in total. The van der Waals surface area contributed by atoms with E-state index >= 15 is 0 Å². The molecule has 2 aromatic carbocycles. The molecule has 0 radical (unpaired) electrons. The lowest BCUT2D eigenvalue weighted by Gasteiger charge is -2.33. The number of hydrogen-bond donors (Lipinski definition) is 1. The third-order valence-corrected chi connectivity index (χ3v) is 7.22. The first kappa shape index (κ1) is 29.0. The first-order chi connectivity index (χ1) is 16.4. The first-order valence-corrected chi connectivity index (χ1v) is 13.7. The number of nitrogens with zero attached hydrogens (tertiary/aromatic N) is 2. The Morgan fingerprint density at radius 1 is 1.06 bits per heavy atom. The second kappa shape index (κ2) is 12.7. The number of methoxy groups -OCH3 is 1. The first-order valence-electron chi connectivity index (χ1n) is 10.7. The van der Waals surface area contributed by atoms with Crippen LogP contribution in [-0.2, 0) is 26.2 Å². The maximum atomic E-state index is 13.6. The van der Waals surface area contributed by atoms with Crippen molar-refractivity contribution in [2.75, 3.05) is 30.8 Å². The molecule has 0 aliphatic rings. The summed E-state index contributed by atoms with van der Waals surface area (Å²) in [5.74, 6) is -0.588. The number of likely N-dealkylation sites (N-methyl/N-ethyl adjacent to an activating group) is 1. The Kier molecular flexibility index (Phi) is 10.5. The summed E-state index contributed by atoms with van der Waals surface area (Å²) in [5, 5.41) is 3.66. The molecule has 0 saturated carbocycles. The van der Waals surface area contributed by atoms with Gasteiger partial charge < -0.3 is 15.0 Å². The van der Waals surface area contributed by atoms with E-state index in [1.165, 1.54) is 36.3 Å². The molecule has 0 bridgehead atoms. The standard InChI is InChI=1S/C23H28Cl3N3O5S/c1-5-20(23(31)27-6-2)28(13-15-7-8-16(24)11-18(15)25)22(30)14-29(35(4,32)33)17-9-10-21(34-3)19(26)12-17/h7-12,20H,5-6,13-14H2,1-4H3,(H,27,31). The Balaban J connectivity index is 2.49. The van der Waals surface area contributed by atoms with E-state index < -0.39 is 28.5 Å². The smallest absolute Gasteiger partial charge is 0.244 e. The Labute approximate surface area is 221 Å². The molecule has 2 amide bonds. The minimum Gasteiger partial charge on any atom is -0.495 e. The van der Waals surface area contributed by atoms with Crippen molar-refractivity contribution in [1.82, 2.24) is 10.2 Å². The molecule has 0 saturated heterocycles. The van der Waals surface area contributed by atoms with Gasteiger partial charge in [-0.2, -0.15) is 0 Å². The van der Waals surface area contributed by atoms with Crippen LogP contribution < -0.4 is 14.4 Å². The summed E-state index contributed by atoms with van der Waals surface area (Å²) in [7, 11) is -2.45. The number of amides is 2. The number of halogens is 3. The SMILES string of the molecule is CCNC(=O)C(CC)N(Cc1ccc(Cl)cc1Cl)C(=O)CN(c1ccc(OC)c(Cl)c1)S(C)(=O)=O. The van der Waals surface area contributed by atoms with Crippen LogP contribution in [0.25, 0.3) is 0 Å². The topological polar surface area (TPSA) is 96.0 Å². The molecule has 1 unspecified atom stereocenters. The van der Waals surface area contributed by atoms with Gasteiger partial charge in [-0.3, -0.25) is 13.9 Å². The molecule has 8 nitrogen and oxygen atoms in total. The molecule has 1 atom stereocenters. The molecule has 0 fully saturated rings. The van der Waals surface area contributed by atoms with Crippen LogP contribution >= 0.6 is 34.8 Å². The largest absolute Gasteiger partial charge is 0.495 e. The third-order valence-electron chi connectivity index (χ3n) is 5.20. The number of benzene rings is 2. The quantitative estimate of drug-likeness (QED) is 0.437. The van der Waals surface area contributed by atoms with Crippen molar-refractivity contribution in [3.63, 3.8) is 0 Å². The number of rotatable bonds is 11. The zero-order valence-corrected chi connectivity index (χ0v) is 22.9. The van der Waals surface area contributed by atoms with E-state index in [2.05, 4.69) is 5.32 Å². The summed E-state index contributed by atoms with van der Waals surface area (Å²) >= 11 is 18.5. The Hall–Kier alpha value is -2.20. The van der Waals surface area contributed by atoms with E-state index in [1.807, 2.05) is 0 Å². The second-order valence-electron chi connectivity index (χ2n) is 7.66. The highest BCUT2D eigenvalue weighted by molar-refractivity contribution is 7.92. The lowest BCUT2D eigenvalue weighted by molar-refractivity contribution is -0.140. The Morgan fingerprint density at radius 2 is 1.74 bits per heavy atom. The van der Waals surface area contributed by atoms with Gasteiger partial charge in [-0.25, -0.2) is 8.42 Å². The number of anilines is 1. The van der Waals surface area contributed by atoms with Crippen molar-refractivity contribution < 1.29 is 22.7 Å². The minimum atomic E-state index is -3.89. The summed E-state index contributed by atoms with van der Waals surface area (Å²) in [4.78, 5) is 27.7. The average Bonchev–Trinajstić information content (AvgIpc) is 2.78. The highest BCUT2D eigenvalue weighted by Gasteiger charge is 2.32. The maximum Gasteiger partial charge on any atom is 0.244 e. The fourth-order valence-electron chi connectivity index (χ4n) is 3.47. The molecule has 0 spiro atoms. The lowest BCUT2D eigenvalue weighted by Crippen LogP contribution is -2.52. The van der Waals surface area contributed by atoms with E-state index in [-0.39, 0.29) is 23.2 Å². The highest BCUT2D eigenvalue weighted by atomic mass is 35.5. The predicted molar refractivity (Wildman–Crippen MR) is 140 cm³/mol. The van der Waals surface area contributed by atoms with Gasteiger partial charge in [0.15, 0.2) is 0 Å². The highest BCUT2D eigenvalue weighted by Crippen LogP contribution is 2.30. The van der Waals surface area contributed by atoms with Gasteiger partial charge in [0.2, 0.25) is 21.8 Å². The third kappa shape index (κ3) is 7.64. The van der Waals surface area contributed by atoms with Crippen LogP contribution in [0.4, 0.5) is 5.69 Å². The number of sulfonamides is 1. The van der Waals surface area contributed by atoms with E-state index in [9.17, 15) is 18.0 Å². The van der Waals surface area contributed by atoms with Gasteiger partial charge in [0.05, 0.1) is 24.1 Å². The van der Waals surface area contributed by atoms with E-state index in [4.69, 9.17) is 39.5 Å². The molecule has 2 aromatic rings. The molecule has 192 valence electrons. The summed E-state index contributed by atoms with van der Waals surface area (Å²) in [6.07, 6.45) is 1.29. The van der Waals surface area contributed by atoms with Gasteiger partial charge in [0, 0.05) is 23.1 Å². The molecule has 0 heterocycles. The van der Waals surface area contributed by atoms with Crippen molar-refractivity contribution in [2.24, 2.45) is 0 Å². The number of carbonyl (C=O) groups excluding carboxylic acids is 2. The van der Waals surface area contributed by atoms with Crippen LogP contribution in [0.15, 0.2) is 36.4 Å². The molecule has 35 heavy (non-hydrogen) atoms. The second-order valence-corrected chi connectivity index (χ2v) is 10.8. The number of hydrogen-bond acceptors (Lipinski definition) is 5. The average molecular weight is 565 g/mol. The molecular formula is C23H28Cl3N3O5S. The molecule has 2 rings (SSSR count). The van der Waals surface area contributed by atoms with Crippen molar-refractivity contribution in [3.05, 3.63) is 57.0 Å². The van der Waals surface area contributed by atoms with Gasteiger partial charge in [0.1, 0.15) is 18.3 Å². The zero-order chi connectivity index (χ0) is 26.3. The van der Waals surface area contributed by atoms with Gasteiger partial charge in [-0.1, -0.05) is 47.8 Å². The summed E-state index contributed by atoms with van der Waals surface area (Å²) < 4.78 is 31.4. The van der Waals surface area contributed by atoms with Crippen molar-refractivity contribution in [3.8, 4) is 5.75 Å². The fraction of sp³-hybridized carbons (Fsp3) is 0.391. The van der Waals surface area contributed by atoms with Crippen molar-refractivity contribution in [2.45, 2.75) is 32.9 Å². The summed E-state index contributed by atoms with van der Waals surface area (Å²) in [6.45, 7) is 3.33. The van der Waals surface area contributed by atoms with Gasteiger partial charge in [-0.15, -0.1) is 0 Å². The summed E-state index contributed by atoms with van der Waals surface area (Å²) in [5.41, 5.74) is 0.743. The lowest BCUT2D eigenvalue weighted by atomic mass is 10.1. The van der Waals surface area contributed by atoms with Crippen molar-refractivity contribution >= 4 is 62.3 Å². The number of carbonyl (C=O) groups is 2. The van der Waals surface area contributed by atoms with Crippen molar-refractivity contribution in [1.29, 1.82) is 0 Å². The van der Waals surface area contributed by atoms with E-state index in [0.717, 1.165) is 10.6 Å². The van der Waals surface area contributed by atoms with E-state index in [0.29, 0.717) is 34.3 Å². The van der Waals surface area contributed by atoms with Crippen LogP contribution in [0.5, 0.6) is 5.75 Å². The number of nitrogens with one attached hydrogen (secondary N) is 1. The molecular weight excluding hydrogens is 537 g/mol. The fourth-order valence-corrected chi connectivity index (χ4v) is 5.03. The van der Waals surface area contributed by atoms with Crippen LogP contribution in [0, 0.1) is 0 Å². The minimum absolute atomic E-state index is 0.0224. The Morgan fingerprint density at radius 3 is 2.26 bits per heavy atom. The molecule has 0 aliphatic carbocycles. The summed E-state index contributed by atoms with van der Waals surface area (Å²) in [6, 6.07) is 8.37. The van der Waals surface area contributed by atoms with Crippen LogP contribution in [0.2, 0.25) is 15.1 Å².